The fourth-order valence-electron chi connectivity index (χ4n) is 1.60. The highest BCUT2D eigenvalue weighted by Crippen LogP contribution is 2.31. The average Bonchev–Trinajstić information content (AvgIpc) is 2.73. The first-order chi connectivity index (χ1) is 9.01. The molecule has 0 radical (unpaired) electrons. The Morgan fingerprint density at radius 3 is 2.84 bits per heavy atom. The van der Waals surface area contributed by atoms with E-state index < -0.39 is 5.97 Å². The predicted molar refractivity (Wildman–Crippen MR) is 74.7 cm³/mol. The number of nitrogens with zero attached hydrogens (tertiary/aromatic N) is 1. The minimum atomic E-state index is -0.991. The van der Waals surface area contributed by atoms with E-state index in [1.165, 1.54) is 0 Å². The molecule has 1 N–H and O–H groups in total. The maximum atomic E-state index is 10.9. The van der Waals surface area contributed by atoms with Crippen molar-refractivity contribution in [3.05, 3.63) is 39.4 Å². The molecule has 1 aromatic carbocycles. The summed E-state index contributed by atoms with van der Waals surface area (Å²) >= 11 is 7.04. The lowest BCUT2D eigenvalue weighted by Gasteiger charge is -2.05. The van der Waals surface area contributed by atoms with E-state index in [1.807, 2.05) is 13.0 Å². The lowest BCUT2D eigenvalue weighted by atomic mass is 10.2. The van der Waals surface area contributed by atoms with Crippen LogP contribution in [0.25, 0.3) is 0 Å². The van der Waals surface area contributed by atoms with Crippen LogP contribution < -0.4 is 4.74 Å². The molecule has 100 valence electrons. The molecular formula is C13H12ClNO3S. The molecule has 0 spiro atoms. The predicted octanol–water partition coefficient (Wildman–Crippen LogP) is 4.16. The normalized spacial score (nSPS) is 10.5. The molecular weight excluding hydrogens is 286 g/mol. The average molecular weight is 298 g/mol. The quantitative estimate of drug-likeness (QED) is 0.920. The van der Waals surface area contributed by atoms with Gasteiger partial charge in [0.15, 0.2) is 0 Å². The SMILES string of the molecule is CCc1cc(Oc2nc(C)c(C(=O)O)s2)ccc1Cl. The Morgan fingerprint density at radius 2 is 2.26 bits per heavy atom. The van der Waals surface area contributed by atoms with E-state index >= 15 is 0 Å². The van der Waals surface area contributed by atoms with Crippen molar-refractivity contribution in [3.63, 3.8) is 0 Å². The van der Waals surface area contributed by atoms with E-state index in [2.05, 4.69) is 4.98 Å². The van der Waals surface area contributed by atoms with E-state index in [4.69, 9.17) is 21.4 Å². The molecule has 1 heterocycles. The van der Waals surface area contributed by atoms with Gasteiger partial charge in [-0.05, 0) is 37.1 Å². The molecule has 19 heavy (non-hydrogen) atoms. The van der Waals surface area contributed by atoms with Crippen LogP contribution in [-0.2, 0) is 6.42 Å². The van der Waals surface area contributed by atoms with Crippen molar-refractivity contribution in [2.75, 3.05) is 0 Å². The standard InChI is InChI=1S/C13H12ClNO3S/c1-3-8-6-9(4-5-10(8)14)18-13-15-7(2)11(19-13)12(16)17/h4-6H,3H2,1-2H3,(H,16,17). The van der Waals surface area contributed by atoms with Gasteiger partial charge in [-0.15, -0.1) is 0 Å². The highest BCUT2D eigenvalue weighted by molar-refractivity contribution is 7.15. The molecule has 2 rings (SSSR count). The van der Waals surface area contributed by atoms with Crippen molar-refractivity contribution in [2.24, 2.45) is 0 Å². The summed E-state index contributed by atoms with van der Waals surface area (Å²) in [5, 5.41) is 9.97. The first-order valence-electron chi connectivity index (χ1n) is 5.68. The molecule has 0 unspecified atom stereocenters. The smallest absolute Gasteiger partial charge is 0.347 e. The fraction of sp³-hybridized carbons (Fsp3) is 0.231. The van der Waals surface area contributed by atoms with Gasteiger partial charge in [-0.3, -0.25) is 0 Å². The van der Waals surface area contributed by atoms with Crippen molar-refractivity contribution in [1.82, 2.24) is 4.98 Å². The second-order valence-electron chi connectivity index (χ2n) is 3.91. The third kappa shape index (κ3) is 3.05. The number of benzene rings is 1. The summed E-state index contributed by atoms with van der Waals surface area (Å²) in [6, 6.07) is 5.33. The van der Waals surface area contributed by atoms with Crippen LogP contribution in [0.4, 0.5) is 0 Å². The van der Waals surface area contributed by atoms with E-state index in [0.717, 1.165) is 23.3 Å². The van der Waals surface area contributed by atoms with Crippen LogP contribution in [0.1, 0.15) is 27.9 Å². The van der Waals surface area contributed by atoms with Crippen molar-refractivity contribution in [2.45, 2.75) is 20.3 Å². The molecule has 0 aliphatic rings. The van der Waals surface area contributed by atoms with Gasteiger partial charge in [0.25, 0.3) is 5.19 Å². The Hall–Kier alpha value is -1.59. The number of aromatic nitrogens is 1. The molecule has 0 fully saturated rings. The van der Waals surface area contributed by atoms with Gasteiger partial charge in [-0.2, -0.15) is 0 Å². The van der Waals surface area contributed by atoms with Gasteiger partial charge >= 0.3 is 5.97 Å². The topological polar surface area (TPSA) is 59.4 Å². The minimum absolute atomic E-state index is 0.194. The maximum Gasteiger partial charge on any atom is 0.347 e. The summed E-state index contributed by atoms with van der Waals surface area (Å²) < 4.78 is 5.57. The molecule has 1 aromatic heterocycles. The zero-order valence-corrected chi connectivity index (χ0v) is 12.0. The molecule has 2 aromatic rings. The second kappa shape index (κ2) is 5.59. The number of aryl methyl sites for hydroxylation is 2. The van der Waals surface area contributed by atoms with Crippen molar-refractivity contribution < 1.29 is 14.6 Å². The van der Waals surface area contributed by atoms with E-state index in [9.17, 15) is 4.79 Å². The summed E-state index contributed by atoms with van der Waals surface area (Å²) in [6.45, 7) is 3.65. The number of rotatable bonds is 4. The lowest BCUT2D eigenvalue weighted by Crippen LogP contribution is -1.94. The maximum absolute atomic E-state index is 10.9. The number of hydrogen-bond donors (Lipinski definition) is 1. The first kappa shape index (κ1) is 13.8. The molecule has 0 amide bonds. The highest BCUT2D eigenvalue weighted by Gasteiger charge is 2.15. The highest BCUT2D eigenvalue weighted by atomic mass is 35.5. The number of aromatic carboxylic acids is 1. The second-order valence-corrected chi connectivity index (χ2v) is 5.28. The van der Waals surface area contributed by atoms with Crippen molar-refractivity contribution in [1.29, 1.82) is 0 Å². The molecule has 0 aliphatic carbocycles. The Morgan fingerprint density at radius 1 is 1.53 bits per heavy atom. The van der Waals surface area contributed by atoms with Gasteiger partial charge in [0, 0.05) is 5.02 Å². The summed E-state index contributed by atoms with van der Waals surface area (Å²) in [5.74, 6) is -0.387. The van der Waals surface area contributed by atoms with Crippen LogP contribution >= 0.6 is 22.9 Å². The van der Waals surface area contributed by atoms with Crippen LogP contribution in [0.2, 0.25) is 5.02 Å². The van der Waals surface area contributed by atoms with E-state index in [0.29, 0.717) is 21.7 Å². The number of carboxylic acids is 1. The minimum Gasteiger partial charge on any atom is -0.477 e. The summed E-state index contributed by atoms with van der Waals surface area (Å²) in [4.78, 5) is 15.2. The van der Waals surface area contributed by atoms with Crippen LogP contribution in [-0.4, -0.2) is 16.1 Å². The van der Waals surface area contributed by atoms with Crippen molar-refractivity contribution >= 4 is 28.9 Å². The van der Waals surface area contributed by atoms with Gasteiger partial charge in [-0.25, -0.2) is 9.78 Å². The molecule has 6 heteroatoms. The molecule has 0 saturated heterocycles. The Balaban J connectivity index is 2.26. The number of halogens is 1. The summed E-state index contributed by atoms with van der Waals surface area (Å²) in [7, 11) is 0. The third-order valence-electron chi connectivity index (χ3n) is 2.57. The van der Waals surface area contributed by atoms with Gasteiger partial charge in [0.2, 0.25) is 0 Å². The van der Waals surface area contributed by atoms with Crippen LogP contribution in [0.3, 0.4) is 0 Å². The molecule has 0 bridgehead atoms. The lowest BCUT2D eigenvalue weighted by molar-refractivity contribution is 0.0701. The van der Waals surface area contributed by atoms with Gasteiger partial charge in [0.1, 0.15) is 10.6 Å². The van der Waals surface area contributed by atoms with Gasteiger partial charge < -0.3 is 9.84 Å². The number of thiazole rings is 1. The van der Waals surface area contributed by atoms with Crippen LogP contribution in [0, 0.1) is 6.92 Å². The zero-order chi connectivity index (χ0) is 14.0. The van der Waals surface area contributed by atoms with Crippen LogP contribution in [0.15, 0.2) is 18.2 Å². The van der Waals surface area contributed by atoms with Gasteiger partial charge in [0.05, 0.1) is 5.69 Å². The molecule has 4 nitrogen and oxygen atoms in total. The third-order valence-corrected chi connectivity index (χ3v) is 3.97. The monoisotopic (exact) mass is 297 g/mol. The Bertz CT molecular complexity index is 624. The number of ether oxygens (including phenoxy) is 1. The van der Waals surface area contributed by atoms with E-state index in [-0.39, 0.29) is 4.88 Å². The van der Waals surface area contributed by atoms with E-state index in [1.54, 1.807) is 19.1 Å². The van der Waals surface area contributed by atoms with Crippen molar-refractivity contribution in [3.8, 4) is 10.9 Å². The Labute approximate surface area is 119 Å². The number of carbonyl (C=O) groups is 1. The number of hydrogen-bond acceptors (Lipinski definition) is 4. The molecule has 0 aliphatic heterocycles. The zero-order valence-electron chi connectivity index (χ0n) is 10.4. The molecule has 0 atom stereocenters. The summed E-state index contributed by atoms with van der Waals surface area (Å²) in [5.41, 5.74) is 1.43. The van der Waals surface area contributed by atoms with Crippen LogP contribution in [0.5, 0.6) is 10.9 Å². The number of carboxylic acid groups (broad SMARTS) is 1. The van der Waals surface area contributed by atoms with Gasteiger partial charge in [-0.1, -0.05) is 29.9 Å². The Kier molecular flexibility index (Phi) is 4.07. The summed E-state index contributed by atoms with van der Waals surface area (Å²) in [6.07, 6.45) is 0.799. The first-order valence-corrected chi connectivity index (χ1v) is 6.87. The molecule has 0 saturated carbocycles. The largest absolute Gasteiger partial charge is 0.477 e. The fourth-order valence-corrected chi connectivity index (χ4v) is 2.63.